The lowest BCUT2D eigenvalue weighted by Gasteiger charge is -2.18. The molecule has 0 atom stereocenters. The molecule has 7 heteroatoms. The van der Waals surface area contributed by atoms with Crippen LogP contribution in [-0.4, -0.2) is 36.9 Å². The Hall–Kier alpha value is -2.28. The first-order chi connectivity index (χ1) is 10.4. The van der Waals surface area contributed by atoms with Crippen molar-refractivity contribution in [1.29, 1.82) is 0 Å². The molecule has 0 radical (unpaired) electrons. The Balaban J connectivity index is 2.39. The second kappa shape index (κ2) is 5.17. The predicted octanol–water partition coefficient (Wildman–Crippen LogP) is 1.84. The van der Waals surface area contributed by atoms with E-state index in [0.717, 1.165) is 0 Å². The Morgan fingerprint density at radius 2 is 2.09 bits per heavy atom. The van der Waals surface area contributed by atoms with E-state index in [2.05, 4.69) is 15.0 Å². The molecular weight excluding hydrogens is 285 g/mol. The van der Waals surface area contributed by atoms with Crippen molar-refractivity contribution in [1.82, 2.24) is 19.5 Å². The average molecular weight is 303 g/mol. The molecule has 0 aliphatic heterocycles. The molecule has 0 spiro atoms. The first-order valence-corrected chi connectivity index (χ1v) is 7.10. The Morgan fingerprint density at radius 1 is 1.32 bits per heavy atom. The van der Waals surface area contributed by atoms with Gasteiger partial charge in [-0.15, -0.1) is 0 Å². The van der Waals surface area contributed by atoms with E-state index in [9.17, 15) is 9.50 Å². The van der Waals surface area contributed by atoms with E-state index < -0.39 is 5.67 Å². The Bertz CT molecular complexity index is 837. The van der Waals surface area contributed by atoms with Crippen LogP contribution in [0.25, 0.3) is 22.1 Å². The molecule has 0 fully saturated rings. The van der Waals surface area contributed by atoms with Crippen molar-refractivity contribution in [3.8, 4) is 0 Å². The zero-order chi connectivity index (χ0) is 15.9. The first kappa shape index (κ1) is 14.6. The van der Waals surface area contributed by atoms with Crippen LogP contribution in [-0.2, 0) is 13.0 Å². The van der Waals surface area contributed by atoms with Gasteiger partial charge in [-0.1, -0.05) is 0 Å². The molecule has 0 bridgehead atoms. The van der Waals surface area contributed by atoms with Crippen LogP contribution in [0.3, 0.4) is 0 Å². The number of aromatic nitrogens is 4. The summed E-state index contributed by atoms with van der Waals surface area (Å²) < 4.78 is 16.0. The number of anilines is 1. The summed E-state index contributed by atoms with van der Waals surface area (Å²) in [6, 6.07) is 3.58. The van der Waals surface area contributed by atoms with Crippen LogP contribution in [0, 0.1) is 0 Å². The highest BCUT2D eigenvalue weighted by molar-refractivity contribution is 6.04. The summed E-state index contributed by atoms with van der Waals surface area (Å²) >= 11 is 0. The maximum Gasteiger partial charge on any atom is 0.152 e. The van der Waals surface area contributed by atoms with Crippen molar-refractivity contribution in [2.75, 3.05) is 12.3 Å². The standard InChI is InChI=1S/C15H18FN5O/c1-15(2,16)8-21-10(5-7-22)20-12-13(21)11-9(19-14(12)17)4-3-6-18-11/h3-4,6,22H,5,7-8H2,1-2H3,(H2,17,19). The molecule has 0 saturated carbocycles. The summed E-state index contributed by atoms with van der Waals surface area (Å²) in [5, 5.41) is 9.24. The van der Waals surface area contributed by atoms with E-state index in [4.69, 9.17) is 5.73 Å². The molecule has 0 amide bonds. The van der Waals surface area contributed by atoms with Crippen molar-refractivity contribution in [2.45, 2.75) is 32.5 Å². The lowest BCUT2D eigenvalue weighted by molar-refractivity contribution is 0.185. The highest BCUT2D eigenvalue weighted by Crippen LogP contribution is 2.29. The van der Waals surface area contributed by atoms with E-state index in [1.165, 1.54) is 13.8 Å². The number of nitrogens with zero attached hydrogens (tertiary/aromatic N) is 4. The van der Waals surface area contributed by atoms with Gasteiger partial charge < -0.3 is 15.4 Å². The van der Waals surface area contributed by atoms with Gasteiger partial charge in [-0.2, -0.15) is 0 Å². The van der Waals surface area contributed by atoms with Crippen LogP contribution in [0.5, 0.6) is 0 Å². The van der Waals surface area contributed by atoms with E-state index in [1.54, 1.807) is 16.8 Å². The summed E-state index contributed by atoms with van der Waals surface area (Å²) in [5.41, 5.74) is 6.99. The molecule has 3 rings (SSSR count). The monoisotopic (exact) mass is 303 g/mol. The maximum absolute atomic E-state index is 14.2. The average Bonchev–Trinajstić information content (AvgIpc) is 2.77. The summed E-state index contributed by atoms with van der Waals surface area (Å²) in [7, 11) is 0. The van der Waals surface area contributed by atoms with E-state index in [0.29, 0.717) is 34.3 Å². The number of rotatable bonds is 4. The third-order valence-corrected chi connectivity index (χ3v) is 3.41. The number of pyridine rings is 2. The largest absolute Gasteiger partial charge is 0.396 e. The molecule has 0 unspecified atom stereocenters. The van der Waals surface area contributed by atoms with Gasteiger partial charge in [0.25, 0.3) is 0 Å². The van der Waals surface area contributed by atoms with E-state index in [-0.39, 0.29) is 19.0 Å². The smallest absolute Gasteiger partial charge is 0.152 e. The van der Waals surface area contributed by atoms with Gasteiger partial charge in [-0.3, -0.25) is 4.98 Å². The van der Waals surface area contributed by atoms with Gasteiger partial charge in [0.05, 0.1) is 18.7 Å². The summed E-state index contributed by atoms with van der Waals surface area (Å²) in [5.74, 6) is 0.861. The SMILES string of the molecule is CC(C)(F)Cn1c(CCO)nc2c(N)nc3cccnc3c21. The van der Waals surface area contributed by atoms with Gasteiger partial charge in [-0.05, 0) is 26.0 Å². The predicted molar refractivity (Wildman–Crippen MR) is 83.2 cm³/mol. The molecule has 3 N–H and O–H groups in total. The number of nitrogens with two attached hydrogens (primary N) is 1. The highest BCUT2D eigenvalue weighted by Gasteiger charge is 2.23. The van der Waals surface area contributed by atoms with Crippen molar-refractivity contribution in [2.24, 2.45) is 0 Å². The van der Waals surface area contributed by atoms with Crippen molar-refractivity contribution < 1.29 is 9.50 Å². The van der Waals surface area contributed by atoms with Gasteiger partial charge in [-0.25, -0.2) is 14.4 Å². The number of aliphatic hydroxyl groups is 1. The fourth-order valence-electron chi connectivity index (χ4n) is 2.61. The van der Waals surface area contributed by atoms with Gasteiger partial charge in [0.2, 0.25) is 0 Å². The molecule has 3 aromatic heterocycles. The van der Waals surface area contributed by atoms with E-state index in [1.807, 2.05) is 6.07 Å². The van der Waals surface area contributed by atoms with Crippen LogP contribution in [0.2, 0.25) is 0 Å². The number of fused-ring (bicyclic) bond motifs is 3. The zero-order valence-electron chi connectivity index (χ0n) is 12.5. The Morgan fingerprint density at radius 3 is 2.77 bits per heavy atom. The number of nitrogen functional groups attached to an aromatic ring is 1. The van der Waals surface area contributed by atoms with Gasteiger partial charge in [0.15, 0.2) is 5.82 Å². The minimum atomic E-state index is -1.43. The van der Waals surface area contributed by atoms with E-state index >= 15 is 0 Å². The molecule has 6 nitrogen and oxygen atoms in total. The second-order valence-electron chi connectivity index (χ2n) is 5.87. The van der Waals surface area contributed by atoms with Crippen molar-refractivity contribution in [3.05, 3.63) is 24.2 Å². The first-order valence-electron chi connectivity index (χ1n) is 7.10. The normalized spacial score (nSPS) is 12.4. The van der Waals surface area contributed by atoms with Crippen LogP contribution in [0.1, 0.15) is 19.7 Å². The zero-order valence-corrected chi connectivity index (χ0v) is 12.5. The van der Waals surface area contributed by atoms with Crippen LogP contribution >= 0.6 is 0 Å². The van der Waals surface area contributed by atoms with Gasteiger partial charge in [0.1, 0.15) is 28.0 Å². The van der Waals surface area contributed by atoms with Crippen LogP contribution < -0.4 is 5.73 Å². The third-order valence-electron chi connectivity index (χ3n) is 3.41. The maximum atomic E-state index is 14.2. The number of hydrogen-bond acceptors (Lipinski definition) is 5. The molecule has 116 valence electrons. The molecule has 3 aromatic rings. The lowest BCUT2D eigenvalue weighted by atomic mass is 10.1. The number of aliphatic hydroxyl groups excluding tert-OH is 1. The second-order valence-corrected chi connectivity index (χ2v) is 5.87. The Labute approximate surface area is 126 Å². The van der Waals surface area contributed by atoms with Crippen LogP contribution in [0.4, 0.5) is 10.2 Å². The molecule has 0 aliphatic carbocycles. The number of imidazole rings is 1. The number of hydrogen-bond donors (Lipinski definition) is 2. The quantitative estimate of drug-likeness (QED) is 0.767. The molecule has 0 saturated heterocycles. The van der Waals surface area contributed by atoms with Crippen molar-refractivity contribution in [3.63, 3.8) is 0 Å². The summed E-state index contributed by atoms with van der Waals surface area (Å²) in [6.07, 6.45) is 1.97. The number of alkyl halides is 1. The van der Waals surface area contributed by atoms with Crippen molar-refractivity contribution >= 4 is 27.9 Å². The molecular formula is C15H18FN5O. The molecule has 22 heavy (non-hydrogen) atoms. The van der Waals surface area contributed by atoms with Gasteiger partial charge in [0, 0.05) is 12.6 Å². The summed E-state index contributed by atoms with van der Waals surface area (Å²) in [6.45, 7) is 3.03. The van der Waals surface area contributed by atoms with Gasteiger partial charge >= 0.3 is 0 Å². The molecule has 3 heterocycles. The summed E-state index contributed by atoms with van der Waals surface area (Å²) in [4.78, 5) is 13.1. The van der Waals surface area contributed by atoms with Crippen LogP contribution in [0.15, 0.2) is 18.3 Å². The highest BCUT2D eigenvalue weighted by atomic mass is 19.1. The lowest BCUT2D eigenvalue weighted by Crippen LogP contribution is -2.22. The topological polar surface area (TPSA) is 89.8 Å². The number of halogens is 1. The minimum Gasteiger partial charge on any atom is -0.396 e. The fourth-order valence-corrected chi connectivity index (χ4v) is 2.61. The third kappa shape index (κ3) is 2.48. The molecule has 0 aromatic carbocycles. The minimum absolute atomic E-state index is 0.0747. The Kier molecular flexibility index (Phi) is 3.44. The molecule has 0 aliphatic rings. The fraction of sp³-hybridized carbons (Fsp3) is 0.400.